The standard InChI is InChI=1S/C9H14N2O3/c1-4-6-11(5-2)9(14)10-7(3)8(12)13/h1,7H,5-6H2,2-3H3,(H,10,14)(H,12,13)/t7-/m0/s1. The number of terminal acetylenes is 1. The van der Waals surface area contributed by atoms with E-state index in [-0.39, 0.29) is 6.54 Å². The van der Waals surface area contributed by atoms with Gasteiger partial charge >= 0.3 is 12.0 Å². The van der Waals surface area contributed by atoms with E-state index in [9.17, 15) is 9.59 Å². The molecule has 0 bridgehead atoms. The third-order valence-corrected chi connectivity index (χ3v) is 1.66. The first-order chi connectivity index (χ1) is 6.52. The highest BCUT2D eigenvalue weighted by Crippen LogP contribution is 1.90. The van der Waals surface area contributed by atoms with Crippen molar-refractivity contribution in [2.45, 2.75) is 19.9 Å². The summed E-state index contributed by atoms with van der Waals surface area (Å²) in [6, 6.07) is -1.37. The van der Waals surface area contributed by atoms with Crippen molar-refractivity contribution in [2.75, 3.05) is 13.1 Å². The lowest BCUT2D eigenvalue weighted by atomic mass is 10.3. The van der Waals surface area contributed by atoms with Gasteiger partial charge in [0.2, 0.25) is 0 Å². The topological polar surface area (TPSA) is 69.6 Å². The highest BCUT2D eigenvalue weighted by Gasteiger charge is 2.17. The Morgan fingerprint density at radius 2 is 2.21 bits per heavy atom. The monoisotopic (exact) mass is 198 g/mol. The van der Waals surface area contributed by atoms with Gasteiger partial charge in [-0.05, 0) is 13.8 Å². The number of urea groups is 1. The molecule has 0 heterocycles. The Bertz CT molecular complexity index is 257. The molecule has 0 saturated heterocycles. The first-order valence-electron chi connectivity index (χ1n) is 4.24. The van der Waals surface area contributed by atoms with Crippen molar-refractivity contribution in [3.05, 3.63) is 0 Å². The van der Waals surface area contributed by atoms with Gasteiger partial charge in [-0.3, -0.25) is 4.79 Å². The minimum atomic E-state index is -1.07. The molecule has 0 aliphatic rings. The van der Waals surface area contributed by atoms with E-state index in [1.165, 1.54) is 11.8 Å². The SMILES string of the molecule is C#CCN(CC)C(=O)N[C@@H](C)C(=O)O. The molecule has 2 N–H and O–H groups in total. The van der Waals surface area contributed by atoms with Gasteiger partial charge in [0.1, 0.15) is 6.04 Å². The minimum Gasteiger partial charge on any atom is -0.480 e. The fourth-order valence-corrected chi connectivity index (χ4v) is 0.776. The zero-order valence-corrected chi connectivity index (χ0v) is 8.28. The number of carbonyl (C=O) groups excluding carboxylic acids is 1. The van der Waals surface area contributed by atoms with Crippen molar-refractivity contribution in [1.29, 1.82) is 0 Å². The first-order valence-corrected chi connectivity index (χ1v) is 4.24. The van der Waals surface area contributed by atoms with Crippen LogP contribution in [-0.2, 0) is 4.79 Å². The van der Waals surface area contributed by atoms with E-state index < -0.39 is 18.0 Å². The summed E-state index contributed by atoms with van der Waals surface area (Å²) in [4.78, 5) is 23.1. The molecule has 1 atom stereocenters. The van der Waals surface area contributed by atoms with Gasteiger partial charge in [-0.1, -0.05) is 5.92 Å². The molecule has 0 rings (SSSR count). The molecule has 0 aromatic heterocycles. The van der Waals surface area contributed by atoms with Crippen LogP contribution in [0.1, 0.15) is 13.8 Å². The summed E-state index contributed by atoms with van der Waals surface area (Å²) >= 11 is 0. The van der Waals surface area contributed by atoms with Crippen molar-refractivity contribution in [2.24, 2.45) is 0 Å². The summed E-state index contributed by atoms with van der Waals surface area (Å²) in [6.45, 7) is 3.78. The smallest absolute Gasteiger partial charge is 0.325 e. The number of rotatable bonds is 4. The average Bonchev–Trinajstić information content (AvgIpc) is 2.13. The van der Waals surface area contributed by atoms with Crippen molar-refractivity contribution >= 4 is 12.0 Å². The number of hydrogen-bond donors (Lipinski definition) is 2. The number of carboxylic acids is 1. The van der Waals surface area contributed by atoms with E-state index in [0.717, 1.165) is 0 Å². The number of nitrogens with zero attached hydrogens (tertiary/aromatic N) is 1. The van der Waals surface area contributed by atoms with Crippen molar-refractivity contribution in [1.82, 2.24) is 10.2 Å². The van der Waals surface area contributed by atoms with Crippen molar-refractivity contribution in [3.63, 3.8) is 0 Å². The van der Waals surface area contributed by atoms with Gasteiger partial charge in [-0.15, -0.1) is 6.42 Å². The van der Waals surface area contributed by atoms with E-state index in [2.05, 4.69) is 11.2 Å². The van der Waals surface area contributed by atoms with Crippen LogP contribution in [0, 0.1) is 12.3 Å². The van der Waals surface area contributed by atoms with E-state index in [1.54, 1.807) is 6.92 Å². The summed E-state index contributed by atoms with van der Waals surface area (Å²) < 4.78 is 0. The Balaban J connectivity index is 4.18. The molecular weight excluding hydrogens is 184 g/mol. The summed E-state index contributed by atoms with van der Waals surface area (Å²) in [5, 5.41) is 10.8. The molecule has 0 fully saturated rings. The van der Waals surface area contributed by atoms with Gasteiger partial charge in [-0.25, -0.2) is 4.79 Å². The maximum atomic E-state index is 11.3. The van der Waals surface area contributed by atoms with Crippen molar-refractivity contribution in [3.8, 4) is 12.3 Å². The highest BCUT2D eigenvalue weighted by atomic mass is 16.4. The summed E-state index contributed by atoms with van der Waals surface area (Å²) in [5.74, 6) is 1.25. The lowest BCUT2D eigenvalue weighted by Gasteiger charge is -2.20. The molecule has 0 aromatic rings. The van der Waals surface area contributed by atoms with Crippen LogP contribution in [0.2, 0.25) is 0 Å². The van der Waals surface area contributed by atoms with Crippen LogP contribution in [0.25, 0.3) is 0 Å². The molecule has 14 heavy (non-hydrogen) atoms. The van der Waals surface area contributed by atoms with E-state index >= 15 is 0 Å². The molecule has 0 radical (unpaired) electrons. The van der Waals surface area contributed by atoms with E-state index in [1.807, 2.05) is 0 Å². The van der Waals surface area contributed by atoms with Gasteiger partial charge in [0, 0.05) is 6.54 Å². The number of carboxylic acid groups (broad SMARTS) is 1. The molecule has 0 aliphatic heterocycles. The molecule has 0 aliphatic carbocycles. The third-order valence-electron chi connectivity index (χ3n) is 1.66. The van der Waals surface area contributed by atoms with Gasteiger partial charge in [-0.2, -0.15) is 0 Å². The number of amides is 2. The zero-order valence-electron chi connectivity index (χ0n) is 8.28. The number of nitrogens with one attached hydrogen (secondary N) is 1. The Kier molecular flexibility index (Phi) is 5.15. The summed E-state index contributed by atoms with van der Waals surface area (Å²) in [6.07, 6.45) is 5.05. The number of hydrogen-bond acceptors (Lipinski definition) is 2. The van der Waals surface area contributed by atoms with Crippen LogP contribution in [-0.4, -0.2) is 41.1 Å². The Hall–Kier alpha value is -1.70. The van der Waals surface area contributed by atoms with Crippen LogP contribution < -0.4 is 5.32 Å². The minimum absolute atomic E-state index is 0.175. The van der Waals surface area contributed by atoms with E-state index in [4.69, 9.17) is 11.5 Å². The first kappa shape index (κ1) is 12.3. The van der Waals surface area contributed by atoms with E-state index in [0.29, 0.717) is 6.54 Å². The average molecular weight is 198 g/mol. The maximum absolute atomic E-state index is 11.3. The molecule has 0 unspecified atom stereocenters. The van der Waals surface area contributed by atoms with Crippen LogP contribution in [0.3, 0.4) is 0 Å². The molecule has 0 spiro atoms. The third kappa shape index (κ3) is 3.81. The lowest BCUT2D eigenvalue weighted by Crippen LogP contribution is -2.46. The molecule has 2 amide bonds. The summed E-state index contributed by atoms with van der Waals surface area (Å²) in [7, 11) is 0. The second kappa shape index (κ2) is 5.86. The molecule has 78 valence electrons. The fourth-order valence-electron chi connectivity index (χ4n) is 0.776. The van der Waals surface area contributed by atoms with Gasteiger partial charge in [0.15, 0.2) is 0 Å². The summed E-state index contributed by atoms with van der Waals surface area (Å²) in [5.41, 5.74) is 0. The maximum Gasteiger partial charge on any atom is 0.325 e. The molecule has 0 aromatic carbocycles. The molecule has 5 nitrogen and oxygen atoms in total. The van der Waals surface area contributed by atoms with Crippen LogP contribution >= 0.6 is 0 Å². The zero-order chi connectivity index (χ0) is 11.1. The largest absolute Gasteiger partial charge is 0.480 e. The van der Waals surface area contributed by atoms with Crippen LogP contribution in [0.15, 0.2) is 0 Å². The predicted octanol–water partition coefficient (Wildman–Crippen LogP) is 0.124. The Labute approximate surface area is 83.1 Å². The second-order valence-electron chi connectivity index (χ2n) is 2.73. The molecule has 0 saturated carbocycles. The molecule has 5 heteroatoms. The van der Waals surface area contributed by atoms with Crippen LogP contribution in [0.5, 0.6) is 0 Å². The number of carbonyl (C=O) groups is 2. The lowest BCUT2D eigenvalue weighted by molar-refractivity contribution is -0.138. The van der Waals surface area contributed by atoms with Crippen LogP contribution in [0.4, 0.5) is 4.79 Å². The van der Waals surface area contributed by atoms with Gasteiger partial charge < -0.3 is 15.3 Å². The number of aliphatic carboxylic acids is 1. The fraction of sp³-hybridized carbons (Fsp3) is 0.556. The normalized spacial score (nSPS) is 11.2. The van der Waals surface area contributed by atoms with Gasteiger partial charge in [0.25, 0.3) is 0 Å². The Morgan fingerprint density at radius 3 is 2.57 bits per heavy atom. The quantitative estimate of drug-likeness (QED) is 0.630. The predicted molar refractivity (Wildman–Crippen MR) is 51.7 cm³/mol. The second-order valence-corrected chi connectivity index (χ2v) is 2.73. The Morgan fingerprint density at radius 1 is 1.64 bits per heavy atom. The highest BCUT2D eigenvalue weighted by molar-refractivity contribution is 5.82. The van der Waals surface area contributed by atoms with Gasteiger partial charge in [0.05, 0.1) is 6.54 Å². The van der Waals surface area contributed by atoms with Crippen molar-refractivity contribution < 1.29 is 14.7 Å². The molecular formula is C9H14N2O3.